The highest BCUT2D eigenvalue weighted by atomic mass is 16.3. The zero-order chi connectivity index (χ0) is 16.6. The van der Waals surface area contributed by atoms with Crippen LogP contribution in [0.3, 0.4) is 0 Å². The Bertz CT molecular complexity index is 584. The van der Waals surface area contributed by atoms with Gasteiger partial charge in [0.15, 0.2) is 0 Å². The Kier molecular flexibility index (Phi) is 3.21. The summed E-state index contributed by atoms with van der Waals surface area (Å²) in [5.74, 6) is 0.504. The second-order valence-electron chi connectivity index (χ2n) is 8.77. The molecular weight excluding hydrogens is 292 g/mol. The second kappa shape index (κ2) is 4.68. The van der Waals surface area contributed by atoms with Crippen LogP contribution in [0, 0.1) is 28.6 Å². The molecule has 0 amide bonds. The molecule has 0 saturated heterocycles. The number of ketones is 1. The summed E-state index contributed by atoms with van der Waals surface area (Å²) in [7, 11) is 0. The first-order valence-corrected chi connectivity index (χ1v) is 9.04. The predicted molar refractivity (Wildman–Crippen MR) is 85.5 cm³/mol. The summed E-state index contributed by atoms with van der Waals surface area (Å²) in [4.78, 5) is 12.2. The number of carbonyl (C=O) groups excluding carboxylic acids is 1. The number of hydrogen-bond acceptors (Lipinski definition) is 4. The molecule has 128 valence electrons. The maximum atomic E-state index is 12.2. The quantitative estimate of drug-likeness (QED) is 0.644. The molecule has 0 aromatic carbocycles. The lowest BCUT2D eigenvalue weighted by molar-refractivity contribution is -0.150. The Morgan fingerprint density at radius 1 is 1.26 bits per heavy atom. The molecule has 0 unspecified atom stereocenters. The smallest absolute Gasteiger partial charge is 0.136 e. The Morgan fingerprint density at radius 2 is 2.00 bits per heavy atom. The van der Waals surface area contributed by atoms with Gasteiger partial charge in [-0.1, -0.05) is 19.9 Å². The molecule has 0 aliphatic heterocycles. The first kappa shape index (κ1) is 15.8. The van der Waals surface area contributed by atoms with E-state index in [1.807, 2.05) is 0 Å². The third-order valence-corrected chi connectivity index (χ3v) is 8.27. The average molecular weight is 320 g/mol. The van der Waals surface area contributed by atoms with Crippen molar-refractivity contribution in [3.63, 3.8) is 0 Å². The van der Waals surface area contributed by atoms with Crippen LogP contribution >= 0.6 is 0 Å². The van der Waals surface area contributed by atoms with Gasteiger partial charge in [0.05, 0.1) is 18.3 Å². The second-order valence-corrected chi connectivity index (χ2v) is 8.77. The minimum absolute atomic E-state index is 0.0108. The van der Waals surface area contributed by atoms with Gasteiger partial charge in [-0.15, -0.1) is 0 Å². The standard InChI is InChI=1S/C19H28O4/c1-11-12-3-4-13-16(22)14-9-18(13,7-8-19(14,23)10-20)17(12,2)6-5-15(11)21/h4,11-12,14,16,20,22-23H,3,5-10H2,1-2H3/t11-,12-,14-,16-,17-,18-,19-/m0/s1. The predicted octanol–water partition coefficient (Wildman–Crippen LogP) is 1.82. The monoisotopic (exact) mass is 320 g/mol. The van der Waals surface area contributed by atoms with Gasteiger partial charge in [-0.05, 0) is 49.0 Å². The highest BCUT2D eigenvalue weighted by Gasteiger charge is 2.68. The molecule has 0 radical (unpaired) electrons. The van der Waals surface area contributed by atoms with Gasteiger partial charge in [-0.25, -0.2) is 0 Å². The van der Waals surface area contributed by atoms with Crippen LogP contribution in [0.5, 0.6) is 0 Å². The van der Waals surface area contributed by atoms with Gasteiger partial charge in [0.25, 0.3) is 0 Å². The average Bonchev–Trinajstić information content (AvgIpc) is 2.80. The van der Waals surface area contributed by atoms with Gasteiger partial charge in [0.2, 0.25) is 0 Å². The van der Waals surface area contributed by atoms with Gasteiger partial charge in [-0.3, -0.25) is 4.79 Å². The molecular formula is C19H28O4. The van der Waals surface area contributed by atoms with Crippen LogP contribution in [0.25, 0.3) is 0 Å². The number of carbonyl (C=O) groups is 1. The van der Waals surface area contributed by atoms with Crippen molar-refractivity contribution in [2.24, 2.45) is 28.6 Å². The lowest BCUT2D eigenvalue weighted by atomic mass is 9.44. The summed E-state index contributed by atoms with van der Waals surface area (Å²) in [5.41, 5.74) is -0.162. The number of rotatable bonds is 1. The fraction of sp³-hybridized carbons (Fsp3) is 0.842. The minimum Gasteiger partial charge on any atom is -0.393 e. The van der Waals surface area contributed by atoms with E-state index in [9.17, 15) is 20.1 Å². The van der Waals surface area contributed by atoms with Crippen molar-refractivity contribution in [2.45, 2.75) is 64.1 Å². The largest absolute Gasteiger partial charge is 0.393 e. The lowest BCUT2D eigenvalue weighted by Gasteiger charge is -2.60. The van der Waals surface area contributed by atoms with Crippen LogP contribution in [-0.4, -0.2) is 39.4 Å². The highest BCUT2D eigenvalue weighted by molar-refractivity contribution is 5.82. The van der Waals surface area contributed by atoms with E-state index >= 15 is 0 Å². The molecule has 3 fully saturated rings. The summed E-state index contributed by atoms with van der Waals surface area (Å²) >= 11 is 0. The Morgan fingerprint density at radius 3 is 2.70 bits per heavy atom. The normalized spacial score (nSPS) is 55.2. The molecule has 4 aliphatic carbocycles. The van der Waals surface area contributed by atoms with Crippen molar-refractivity contribution in [2.75, 3.05) is 6.61 Å². The number of fused-ring (bicyclic) bond motifs is 2. The molecule has 0 aromatic rings. The van der Waals surface area contributed by atoms with Crippen LogP contribution in [0.1, 0.15) is 52.4 Å². The molecule has 3 saturated carbocycles. The van der Waals surface area contributed by atoms with E-state index in [4.69, 9.17) is 0 Å². The zero-order valence-corrected chi connectivity index (χ0v) is 14.1. The van der Waals surface area contributed by atoms with E-state index < -0.39 is 11.7 Å². The third kappa shape index (κ3) is 1.70. The fourth-order valence-electron chi connectivity index (χ4n) is 6.70. The molecule has 2 bridgehead atoms. The SMILES string of the molecule is C[C@@H]1C(=O)CC[C@@]2(C)[C@H]1CC=C1[C@H](O)[C@@H]3C[C@@]12CC[C@]3(O)CO. The molecule has 1 spiro atoms. The highest BCUT2D eigenvalue weighted by Crippen LogP contribution is 2.71. The summed E-state index contributed by atoms with van der Waals surface area (Å²) < 4.78 is 0. The Balaban J connectivity index is 1.81. The number of aliphatic hydroxyl groups is 3. The van der Waals surface area contributed by atoms with E-state index in [2.05, 4.69) is 19.9 Å². The number of aliphatic hydroxyl groups excluding tert-OH is 2. The van der Waals surface area contributed by atoms with Gasteiger partial charge in [-0.2, -0.15) is 0 Å². The first-order valence-electron chi connectivity index (χ1n) is 9.04. The van der Waals surface area contributed by atoms with Gasteiger partial charge in [0, 0.05) is 23.7 Å². The lowest BCUT2D eigenvalue weighted by Crippen LogP contribution is -2.56. The van der Waals surface area contributed by atoms with Crippen molar-refractivity contribution in [1.29, 1.82) is 0 Å². The number of Topliss-reactive ketones (excluding diaryl/α,β-unsaturated/α-hetero) is 1. The molecule has 4 nitrogen and oxygen atoms in total. The van der Waals surface area contributed by atoms with Gasteiger partial charge < -0.3 is 15.3 Å². The molecule has 4 heteroatoms. The molecule has 0 aromatic heterocycles. The molecule has 4 rings (SSSR count). The Labute approximate surface area is 137 Å². The van der Waals surface area contributed by atoms with Crippen LogP contribution < -0.4 is 0 Å². The van der Waals surface area contributed by atoms with Crippen LogP contribution in [0.2, 0.25) is 0 Å². The van der Waals surface area contributed by atoms with Crippen molar-refractivity contribution in [3.05, 3.63) is 11.6 Å². The number of hydrogen-bond donors (Lipinski definition) is 3. The molecule has 3 N–H and O–H groups in total. The molecule has 7 atom stereocenters. The minimum atomic E-state index is -1.16. The van der Waals surface area contributed by atoms with Crippen LogP contribution in [-0.2, 0) is 4.79 Å². The van der Waals surface area contributed by atoms with E-state index in [1.54, 1.807) is 0 Å². The molecule has 23 heavy (non-hydrogen) atoms. The van der Waals surface area contributed by atoms with E-state index in [0.29, 0.717) is 24.5 Å². The Hall–Kier alpha value is -0.710. The zero-order valence-electron chi connectivity index (χ0n) is 14.1. The summed E-state index contributed by atoms with van der Waals surface area (Å²) in [6.07, 6.45) is 5.95. The van der Waals surface area contributed by atoms with Gasteiger partial charge in [0.1, 0.15) is 5.78 Å². The maximum absolute atomic E-state index is 12.2. The van der Waals surface area contributed by atoms with Crippen molar-refractivity contribution in [3.8, 4) is 0 Å². The third-order valence-electron chi connectivity index (χ3n) is 8.27. The number of allylic oxidation sites excluding steroid dienone is 1. The first-order chi connectivity index (χ1) is 10.8. The summed E-state index contributed by atoms with van der Waals surface area (Å²) in [6, 6.07) is 0. The fourth-order valence-corrected chi connectivity index (χ4v) is 6.70. The van der Waals surface area contributed by atoms with E-state index in [1.165, 1.54) is 0 Å². The van der Waals surface area contributed by atoms with Crippen LogP contribution in [0.15, 0.2) is 11.6 Å². The van der Waals surface area contributed by atoms with Crippen molar-refractivity contribution >= 4 is 5.78 Å². The van der Waals surface area contributed by atoms with Crippen molar-refractivity contribution < 1.29 is 20.1 Å². The molecule has 0 heterocycles. The van der Waals surface area contributed by atoms with E-state index in [-0.39, 0.29) is 29.3 Å². The van der Waals surface area contributed by atoms with Crippen molar-refractivity contribution in [1.82, 2.24) is 0 Å². The van der Waals surface area contributed by atoms with Gasteiger partial charge >= 0.3 is 0 Å². The summed E-state index contributed by atoms with van der Waals surface area (Å²) in [6.45, 7) is 4.09. The molecule has 4 aliphatic rings. The van der Waals surface area contributed by atoms with E-state index in [0.717, 1.165) is 31.3 Å². The topological polar surface area (TPSA) is 77.8 Å². The van der Waals surface area contributed by atoms with Crippen LogP contribution in [0.4, 0.5) is 0 Å². The maximum Gasteiger partial charge on any atom is 0.136 e. The summed E-state index contributed by atoms with van der Waals surface area (Å²) in [5, 5.41) is 31.3.